The number of ether oxygens (including phenoxy) is 2. The van der Waals surface area contributed by atoms with Crippen molar-refractivity contribution in [3.63, 3.8) is 0 Å². The zero-order chi connectivity index (χ0) is 22.7. The van der Waals surface area contributed by atoms with Crippen LogP contribution in [0.25, 0.3) is 0 Å². The molecule has 0 bridgehead atoms. The Bertz CT molecular complexity index is 930. The average Bonchev–Trinajstić information content (AvgIpc) is 2.75. The van der Waals surface area contributed by atoms with Gasteiger partial charge in [-0.2, -0.15) is 0 Å². The molecule has 168 valence electrons. The van der Waals surface area contributed by atoms with Gasteiger partial charge in [-0.15, -0.1) is 0 Å². The summed E-state index contributed by atoms with van der Waals surface area (Å²) in [5.41, 5.74) is 2.62. The predicted molar refractivity (Wildman–Crippen MR) is 115 cm³/mol. The average molecular weight is 451 g/mol. The fraction of sp³-hybridized carbons (Fsp3) is 0.435. The Kier molecular flexibility index (Phi) is 7.69. The molecule has 4 N–H and O–H groups in total. The number of Topliss-reactive ketones (excluding diaryl/α,β-unsaturated/α-hetero) is 1. The van der Waals surface area contributed by atoms with Crippen molar-refractivity contribution in [2.24, 2.45) is 0 Å². The van der Waals surface area contributed by atoms with E-state index in [9.17, 15) is 25.2 Å². The minimum absolute atomic E-state index is 0.105. The van der Waals surface area contributed by atoms with Crippen molar-refractivity contribution >= 4 is 17.4 Å². The standard InChI is InChI=1S/C23H27ClO7/c1-3-30-18-7-4-13(9-16(18)12(2)26)8-15-10-14(5-6-17(15)24)23-22(29)21(28)20(27)19(11-25)31-23/h4-7,9-10,19-23,25,27-29H,3,8,11H2,1-2H3/t19-,20-,21+,22-,23+/m1/s1. The minimum atomic E-state index is -1.46. The number of aliphatic hydroxyl groups is 4. The molecular formula is C23H27ClO7. The van der Waals surface area contributed by atoms with E-state index in [1.807, 2.05) is 13.0 Å². The van der Waals surface area contributed by atoms with Gasteiger partial charge in [-0.1, -0.05) is 29.8 Å². The van der Waals surface area contributed by atoms with Gasteiger partial charge < -0.3 is 29.9 Å². The first-order valence-electron chi connectivity index (χ1n) is 10.1. The summed E-state index contributed by atoms with van der Waals surface area (Å²) in [6.45, 7) is 3.28. The van der Waals surface area contributed by atoms with Crippen LogP contribution in [-0.2, 0) is 11.2 Å². The van der Waals surface area contributed by atoms with Crippen LogP contribution in [0.2, 0.25) is 5.02 Å². The van der Waals surface area contributed by atoms with Crippen LogP contribution >= 0.6 is 11.6 Å². The van der Waals surface area contributed by atoms with Gasteiger partial charge in [0.05, 0.1) is 18.8 Å². The number of aliphatic hydroxyl groups excluding tert-OH is 4. The molecular weight excluding hydrogens is 424 g/mol. The molecule has 7 nitrogen and oxygen atoms in total. The highest BCUT2D eigenvalue weighted by molar-refractivity contribution is 6.31. The first-order chi connectivity index (χ1) is 14.8. The lowest BCUT2D eigenvalue weighted by Gasteiger charge is -2.40. The SMILES string of the molecule is CCOc1ccc(Cc2cc([C@@H]3O[C@H](CO)[C@@H](O)[C@H](O)[C@H]3O)ccc2Cl)cc1C(C)=O. The lowest BCUT2D eigenvalue weighted by atomic mass is 9.90. The van der Waals surface area contributed by atoms with Crippen molar-refractivity contribution in [3.8, 4) is 5.75 Å². The Morgan fingerprint density at radius 2 is 1.84 bits per heavy atom. The predicted octanol–water partition coefficient (Wildman–Crippen LogP) is 2.05. The lowest BCUT2D eigenvalue weighted by Crippen LogP contribution is -2.55. The van der Waals surface area contributed by atoms with Crippen LogP contribution in [0.1, 0.15) is 47.0 Å². The molecule has 1 aliphatic heterocycles. The van der Waals surface area contributed by atoms with Crippen molar-refractivity contribution in [1.29, 1.82) is 0 Å². The summed E-state index contributed by atoms with van der Waals surface area (Å²) in [5.74, 6) is 0.423. The van der Waals surface area contributed by atoms with Gasteiger partial charge in [0, 0.05) is 5.02 Å². The summed E-state index contributed by atoms with van der Waals surface area (Å²) < 4.78 is 11.2. The molecule has 2 aromatic carbocycles. The van der Waals surface area contributed by atoms with Gasteiger partial charge in [-0.3, -0.25) is 4.79 Å². The summed E-state index contributed by atoms with van der Waals surface area (Å²) in [6, 6.07) is 10.5. The number of hydrogen-bond acceptors (Lipinski definition) is 7. The third-order valence-electron chi connectivity index (χ3n) is 5.41. The van der Waals surface area contributed by atoms with Crippen molar-refractivity contribution in [1.82, 2.24) is 0 Å². The Morgan fingerprint density at radius 1 is 1.10 bits per heavy atom. The van der Waals surface area contributed by atoms with Crippen molar-refractivity contribution in [3.05, 3.63) is 63.7 Å². The van der Waals surface area contributed by atoms with Gasteiger partial charge in [0.25, 0.3) is 0 Å². The van der Waals surface area contributed by atoms with Gasteiger partial charge in [0.1, 0.15) is 36.3 Å². The molecule has 3 rings (SSSR count). The van der Waals surface area contributed by atoms with Gasteiger partial charge in [0.2, 0.25) is 0 Å². The third kappa shape index (κ3) is 5.09. The Hall–Kier alpha value is -2.00. The van der Waals surface area contributed by atoms with Gasteiger partial charge >= 0.3 is 0 Å². The summed E-state index contributed by atoms with van der Waals surface area (Å²) in [6.07, 6.45) is -5.78. The molecule has 0 unspecified atom stereocenters. The number of benzene rings is 2. The van der Waals surface area contributed by atoms with E-state index in [2.05, 4.69) is 0 Å². The van der Waals surface area contributed by atoms with E-state index in [1.54, 1.807) is 30.3 Å². The van der Waals surface area contributed by atoms with E-state index in [-0.39, 0.29) is 5.78 Å². The van der Waals surface area contributed by atoms with Crippen molar-refractivity contribution in [2.75, 3.05) is 13.2 Å². The number of ketones is 1. The maximum absolute atomic E-state index is 12.0. The summed E-state index contributed by atoms with van der Waals surface area (Å²) in [5, 5.41) is 40.4. The van der Waals surface area contributed by atoms with Crippen molar-refractivity contribution in [2.45, 2.75) is 50.8 Å². The molecule has 5 atom stereocenters. The van der Waals surface area contributed by atoms with E-state index < -0.39 is 37.1 Å². The largest absolute Gasteiger partial charge is 0.493 e. The minimum Gasteiger partial charge on any atom is -0.493 e. The zero-order valence-corrected chi connectivity index (χ0v) is 18.1. The second kappa shape index (κ2) is 10.1. The second-order valence-corrected chi connectivity index (χ2v) is 8.00. The number of halogens is 1. The highest BCUT2D eigenvalue weighted by Crippen LogP contribution is 2.34. The lowest BCUT2D eigenvalue weighted by molar-refractivity contribution is -0.231. The van der Waals surface area contributed by atoms with E-state index in [1.165, 1.54) is 6.92 Å². The first-order valence-corrected chi connectivity index (χ1v) is 10.5. The fourth-order valence-corrected chi connectivity index (χ4v) is 3.93. The number of rotatable bonds is 7. The molecule has 8 heteroatoms. The van der Waals surface area contributed by atoms with E-state index >= 15 is 0 Å². The van der Waals surface area contributed by atoms with Crippen LogP contribution in [0.4, 0.5) is 0 Å². The molecule has 2 aromatic rings. The molecule has 1 heterocycles. The van der Waals surface area contributed by atoms with E-state index in [0.717, 1.165) is 11.1 Å². The quantitative estimate of drug-likeness (QED) is 0.477. The van der Waals surface area contributed by atoms with E-state index in [4.69, 9.17) is 21.1 Å². The zero-order valence-electron chi connectivity index (χ0n) is 17.4. The van der Waals surface area contributed by atoms with Crippen LogP contribution < -0.4 is 4.74 Å². The molecule has 1 saturated heterocycles. The summed E-state index contributed by atoms with van der Waals surface area (Å²) in [7, 11) is 0. The third-order valence-corrected chi connectivity index (χ3v) is 5.78. The maximum atomic E-state index is 12.0. The Balaban J connectivity index is 1.90. The van der Waals surface area contributed by atoms with E-state index in [0.29, 0.717) is 34.9 Å². The molecule has 0 spiro atoms. The Morgan fingerprint density at radius 3 is 2.48 bits per heavy atom. The molecule has 1 aliphatic rings. The van der Waals surface area contributed by atoms with Crippen LogP contribution in [0, 0.1) is 0 Å². The number of carbonyl (C=O) groups is 1. The van der Waals surface area contributed by atoms with Crippen LogP contribution in [0.15, 0.2) is 36.4 Å². The van der Waals surface area contributed by atoms with Crippen LogP contribution in [-0.4, -0.2) is 63.8 Å². The summed E-state index contributed by atoms with van der Waals surface area (Å²) >= 11 is 6.39. The molecule has 0 radical (unpaired) electrons. The normalized spacial score (nSPS) is 26.0. The topological polar surface area (TPSA) is 116 Å². The van der Waals surface area contributed by atoms with Gasteiger partial charge in [-0.25, -0.2) is 0 Å². The second-order valence-electron chi connectivity index (χ2n) is 7.60. The monoisotopic (exact) mass is 450 g/mol. The molecule has 1 fully saturated rings. The first kappa shape index (κ1) is 23.7. The molecule has 0 amide bonds. The summed E-state index contributed by atoms with van der Waals surface area (Å²) in [4.78, 5) is 12.0. The molecule has 0 aliphatic carbocycles. The maximum Gasteiger partial charge on any atom is 0.163 e. The smallest absolute Gasteiger partial charge is 0.163 e. The van der Waals surface area contributed by atoms with Crippen molar-refractivity contribution < 1.29 is 34.7 Å². The highest BCUT2D eigenvalue weighted by Gasteiger charge is 2.44. The van der Waals surface area contributed by atoms with Gasteiger partial charge in [-0.05, 0) is 55.2 Å². The highest BCUT2D eigenvalue weighted by atomic mass is 35.5. The number of hydrogen-bond donors (Lipinski definition) is 4. The molecule has 31 heavy (non-hydrogen) atoms. The fourth-order valence-electron chi connectivity index (χ4n) is 3.75. The Labute approximate surface area is 185 Å². The number of carbonyl (C=O) groups excluding carboxylic acids is 1. The van der Waals surface area contributed by atoms with Crippen LogP contribution in [0.3, 0.4) is 0 Å². The molecule has 0 saturated carbocycles. The molecule has 0 aromatic heterocycles. The van der Waals surface area contributed by atoms with Crippen LogP contribution in [0.5, 0.6) is 5.75 Å². The van der Waals surface area contributed by atoms with Gasteiger partial charge in [0.15, 0.2) is 5.78 Å².